The summed E-state index contributed by atoms with van der Waals surface area (Å²) in [5, 5.41) is 0. The van der Waals surface area contributed by atoms with Gasteiger partial charge in [-0.1, -0.05) is 18.2 Å². The molecule has 0 bridgehead atoms. The predicted molar refractivity (Wildman–Crippen MR) is 91.1 cm³/mol. The molecule has 1 aromatic carbocycles. The van der Waals surface area contributed by atoms with Crippen LogP contribution in [0.15, 0.2) is 30.3 Å². The molecular weight excluding hydrogens is 306 g/mol. The molecule has 3 aliphatic heterocycles. The Hall–Kier alpha value is -1.63. The maximum atomic E-state index is 12.6. The summed E-state index contributed by atoms with van der Waals surface area (Å²) in [4.78, 5) is 18.8. The van der Waals surface area contributed by atoms with E-state index in [0.717, 1.165) is 71.0 Å². The number of nitrogens with zero attached hydrogens (tertiary/aromatic N) is 3. The van der Waals surface area contributed by atoms with Gasteiger partial charge in [-0.05, 0) is 12.1 Å². The highest BCUT2D eigenvalue weighted by molar-refractivity contribution is 5.94. The molecule has 3 saturated heterocycles. The first kappa shape index (κ1) is 15.9. The van der Waals surface area contributed by atoms with Crippen LogP contribution in [-0.4, -0.2) is 74.1 Å². The van der Waals surface area contributed by atoms with Gasteiger partial charge in [0, 0.05) is 57.8 Å². The number of anilines is 1. The summed E-state index contributed by atoms with van der Waals surface area (Å²) in [5.74, 6) is -0.315. The Balaban J connectivity index is 1.26. The van der Waals surface area contributed by atoms with E-state index in [-0.39, 0.29) is 11.8 Å². The number of carbonyl (C=O) groups is 1. The van der Waals surface area contributed by atoms with Crippen molar-refractivity contribution in [2.75, 3.05) is 57.4 Å². The van der Waals surface area contributed by atoms with E-state index < -0.39 is 0 Å². The largest absolute Gasteiger partial charge is 0.347 e. The minimum absolute atomic E-state index is 0.122. The van der Waals surface area contributed by atoms with Gasteiger partial charge in [-0.3, -0.25) is 4.90 Å². The summed E-state index contributed by atoms with van der Waals surface area (Å²) >= 11 is 0. The summed E-state index contributed by atoms with van der Waals surface area (Å²) in [7, 11) is 0. The van der Waals surface area contributed by atoms with Crippen LogP contribution in [0.25, 0.3) is 0 Å². The topological polar surface area (TPSA) is 45.3 Å². The van der Waals surface area contributed by atoms with Crippen LogP contribution >= 0.6 is 0 Å². The molecule has 3 heterocycles. The fraction of sp³-hybridized carbons (Fsp3) is 0.611. The normalized spacial score (nSPS) is 24.2. The van der Waals surface area contributed by atoms with Crippen molar-refractivity contribution < 1.29 is 14.3 Å². The van der Waals surface area contributed by atoms with Gasteiger partial charge < -0.3 is 19.3 Å². The van der Waals surface area contributed by atoms with Crippen LogP contribution in [0.3, 0.4) is 0 Å². The molecule has 4 rings (SSSR count). The van der Waals surface area contributed by atoms with Gasteiger partial charge >= 0.3 is 6.03 Å². The highest BCUT2D eigenvalue weighted by Crippen LogP contribution is 2.31. The molecule has 1 spiro atoms. The number of likely N-dealkylation sites (tertiary alicyclic amines) is 1. The molecule has 3 fully saturated rings. The highest BCUT2D eigenvalue weighted by atomic mass is 16.7. The zero-order valence-corrected chi connectivity index (χ0v) is 14.0. The fourth-order valence-corrected chi connectivity index (χ4v) is 3.80. The predicted octanol–water partition coefficient (Wildman–Crippen LogP) is 1.77. The van der Waals surface area contributed by atoms with Gasteiger partial charge in [0.1, 0.15) is 0 Å². The fourth-order valence-electron chi connectivity index (χ4n) is 3.80. The first-order valence-corrected chi connectivity index (χ1v) is 8.88. The first-order valence-electron chi connectivity index (χ1n) is 8.88. The van der Waals surface area contributed by atoms with Gasteiger partial charge in [-0.2, -0.15) is 0 Å². The van der Waals surface area contributed by atoms with E-state index in [1.807, 2.05) is 40.1 Å². The molecule has 3 aliphatic rings. The molecule has 6 heteroatoms. The quantitative estimate of drug-likeness (QED) is 0.843. The van der Waals surface area contributed by atoms with Gasteiger partial charge in [0.25, 0.3) is 0 Å². The van der Waals surface area contributed by atoms with E-state index in [0.29, 0.717) is 0 Å². The third-order valence-corrected chi connectivity index (χ3v) is 5.28. The molecule has 6 nitrogen and oxygen atoms in total. The third-order valence-electron chi connectivity index (χ3n) is 5.28. The van der Waals surface area contributed by atoms with Crippen LogP contribution in [0, 0.1) is 0 Å². The standard InChI is InChI=1S/C18H25N3O3/c22-17-20(12-13-21(17)16-4-2-1-3-5-16)11-10-19-8-6-18(7-9-19)23-14-15-24-18/h1-5H,6-15H2. The summed E-state index contributed by atoms with van der Waals surface area (Å²) in [5.41, 5.74) is 0.987. The average molecular weight is 331 g/mol. The molecule has 0 unspecified atom stereocenters. The number of para-hydroxylation sites is 1. The highest BCUT2D eigenvalue weighted by Gasteiger charge is 2.40. The lowest BCUT2D eigenvalue weighted by molar-refractivity contribution is -0.185. The Morgan fingerprint density at radius 1 is 0.917 bits per heavy atom. The Labute approximate surface area is 142 Å². The Kier molecular flexibility index (Phi) is 4.43. The van der Waals surface area contributed by atoms with Crippen molar-refractivity contribution in [1.29, 1.82) is 0 Å². The first-order chi connectivity index (χ1) is 11.8. The van der Waals surface area contributed by atoms with Crippen molar-refractivity contribution in [3.63, 3.8) is 0 Å². The molecule has 0 atom stereocenters. The molecule has 0 aliphatic carbocycles. The second kappa shape index (κ2) is 6.70. The maximum Gasteiger partial charge on any atom is 0.324 e. The molecule has 0 aromatic heterocycles. The molecular formula is C18H25N3O3. The number of amides is 2. The molecule has 130 valence electrons. The lowest BCUT2D eigenvalue weighted by Crippen LogP contribution is -2.47. The van der Waals surface area contributed by atoms with Crippen molar-refractivity contribution in [3.8, 4) is 0 Å². The van der Waals surface area contributed by atoms with Crippen molar-refractivity contribution in [1.82, 2.24) is 9.80 Å². The van der Waals surface area contributed by atoms with E-state index in [4.69, 9.17) is 9.47 Å². The smallest absolute Gasteiger partial charge is 0.324 e. The number of carbonyl (C=O) groups excluding carboxylic acids is 1. The number of urea groups is 1. The van der Waals surface area contributed by atoms with E-state index in [2.05, 4.69) is 4.90 Å². The molecule has 0 radical (unpaired) electrons. The summed E-state index contributed by atoms with van der Waals surface area (Å²) in [6, 6.07) is 10.0. The van der Waals surface area contributed by atoms with Gasteiger partial charge in [-0.15, -0.1) is 0 Å². The minimum Gasteiger partial charge on any atom is -0.347 e. The number of ether oxygens (including phenoxy) is 2. The summed E-state index contributed by atoms with van der Waals surface area (Å²) < 4.78 is 11.5. The molecule has 0 N–H and O–H groups in total. The van der Waals surface area contributed by atoms with Gasteiger partial charge in [-0.25, -0.2) is 4.79 Å². The van der Waals surface area contributed by atoms with Crippen molar-refractivity contribution in [2.45, 2.75) is 18.6 Å². The van der Waals surface area contributed by atoms with Crippen LogP contribution in [0.2, 0.25) is 0 Å². The zero-order valence-electron chi connectivity index (χ0n) is 14.0. The second-order valence-electron chi connectivity index (χ2n) is 6.71. The van der Waals surface area contributed by atoms with Crippen LogP contribution in [0.5, 0.6) is 0 Å². The monoisotopic (exact) mass is 331 g/mol. The summed E-state index contributed by atoms with van der Waals surface area (Å²) in [6.07, 6.45) is 1.86. The third kappa shape index (κ3) is 3.14. The maximum absolute atomic E-state index is 12.6. The lowest BCUT2D eigenvalue weighted by Gasteiger charge is -2.38. The van der Waals surface area contributed by atoms with Gasteiger partial charge in [0.2, 0.25) is 0 Å². The number of rotatable bonds is 4. The Morgan fingerprint density at radius 2 is 1.62 bits per heavy atom. The number of benzene rings is 1. The molecule has 0 saturated carbocycles. The Bertz CT molecular complexity index is 564. The Morgan fingerprint density at radius 3 is 2.33 bits per heavy atom. The summed E-state index contributed by atoms with van der Waals surface area (Å²) in [6.45, 7) is 6.68. The van der Waals surface area contributed by atoms with Crippen LogP contribution < -0.4 is 4.90 Å². The minimum atomic E-state index is -0.315. The number of hydrogen-bond donors (Lipinski definition) is 0. The molecule has 2 amide bonds. The van der Waals surface area contributed by atoms with E-state index >= 15 is 0 Å². The van der Waals surface area contributed by atoms with Crippen molar-refractivity contribution in [3.05, 3.63) is 30.3 Å². The average Bonchev–Trinajstić information content (AvgIpc) is 3.23. The lowest BCUT2D eigenvalue weighted by atomic mass is 10.0. The van der Waals surface area contributed by atoms with Crippen LogP contribution in [-0.2, 0) is 9.47 Å². The van der Waals surface area contributed by atoms with Gasteiger partial charge in [0.05, 0.1) is 13.2 Å². The van der Waals surface area contributed by atoms with Crippen LogP contribution in [0.4, 0.5) is 10.5 Å². The number of piperidine rings is 1. The molecule has 1 aromatic rings. The van der Waals surface area contributed by atoms with Gasteiger partial charge in [0.15, 0.2) is 5.79 Å². The SMILES string of the molecule is O=C1N(CCN2CCC3(CC2)OCCO3)CCN1c1ccccc1. The van der Waals surface area contributed by atoms with Crippen LogP contribution in [0.1, 0.15) is 12.8 Å². The van der Waals surface area contributed by atoms with E-state index in [1.165, 1.54) is 0 Å². The van der Waals surface area contributed by atoms with Crippen molar-refractivity contribution in [2.24, 2.45) is 0 Å². The van der Waals surface area contributed by atoms with E-state index in [1.54, 1.807) is 0 Å². The second-order valence-corrected chi connectivity index (χ2v) is 6.71. The van der Waals surface area contributed by atoms with Crippen molar-refractivity contribution >= 4 is 11.7 Å². The molecule has 24 heavy (non-hydrogen) atoms. The number of hydrogen-bond acceptors (Lipinski definition) is 4. The van der Waals surface area contributed by atoms with E-state index in [9.17, 15) is 4.79 Å². The zero-order chi connectivity index (χ0) is 16.4.